The van der Waals surface area contributed by atoms with Gasteiger partial charge in [0.25, 0.3) is 0 Å². The fraction of sp³-hybridized carbons (Fsp3) is 0.250. The fourth-order valence-electron chi connectivity index (χ4n) is 1.63. The van der Waals surface area contributed by atoms with E-state index in [1.807, 2.05) is 0 Å². The molecule has 0 saturated heterocycles. The van der Waals surface area contributed by atoms with E-state index < -0.39 is 17.6 Å². The molecule has 0 radical (unpaired) electrons. The van der Waals surface area contributed by atoms with Gasteiger partial charge in [0.15, 0.2) is 0 Å². The van der Waals surface area contributed by atoms with E-state index >= 15 is 0 Å². The lowest BCUT2D eigenvalue weighted by Gasteiger charge is -2.10. The Morgan fingerprint density at radius 1 is 1.26 bits per heavy atom. The lowest BCUT2D eigenvalue weighted by molar-refractivity contribution is -0.137. The smallest absolute Gasteiger partial charge is 0.378 e. The molecule has 0 fully saturated rings. The summed E-state index contributed by atoms with van der Waals surface area (Å²) in [6.45, 7) is 0.0898. The summed E-state index contributed by atoms with van der Waals surface area (Å²) in [5, 5.41) is 6.77. The van der Waals surface area contributed by atoms with Crippen LogP contribution in [-0.2, 0) is 19.8 Å². The lowest BCUT2D eigenvalue weighted by Crippen LogP contribution is -2.08. The second-order valence-electron chi connectivity index (χ2n) is 4.10. The van der Waals surface area contributed by atoms with Crippen LogP contribution in [0.3, 0.4) is 0 Å². The molecule has 2 aromatic rings. The lowest BCUT2D eigenvalue weighted by atomic mass is 10.1. The zero-order chi connectivity index (χ0) is 14.0. The van der Waals surface area contributed by atoms with E-state index in [1.54, 1.807) is 17.9 Å². The van der Waals surface area contributed by atoms with Gasteiger partial charge in [-0.3, -0.25) is 4.68 Å². The van der Waals surface area contributed by atoms with Gasteiger partial charge in [-0.1, -0.05) is 0 Å². The molecule has 0 atom stereocenters. The number of halogens is 4. The average Bonchev–Trinajstić information content (AvgIpc) is 2.71. The monoisotopic (exact) mass is 273 g/mol. The molecule has 2 rings (SSSR count). The van der Waals surface area contributed by atoms with Crippen molar-refractivity contribution in [3.63, 3.8) is 0 Å². The largest absolute Gasteiger partial charge is 0.416 e. The highest BCUT2D eigenvalue weighted by molar-refractivity contribution is 5.39. The summed E-state index contributed by atoms with van der Waals surface area (Å²) in [4.78, 5) is 0. The standard InChI is InChI=1S/C12H11F4N3/c1-19-7-11(6-18-19)17-5-8-2-9(12(14,15)16)4-10(13)3-8/h2-4,6-7,17H,5H2,1H3. The molecular formula is C12H11F4N3. The first-order valence-corrected chi connectivity index (χ1v) is 5.44. The van der Waals surface area contributed by atoms with E-state index in [0.29, 0.717) is 11.8 Å². The number of nitrogens with zero attached hydrogens (tertiary/aromatic N) is 2. The van der Waals surface area contributed by atoms with Gasteiger partial charge in [-0.15, -0.1) is 0 Å². The minimum Gasteiger partial charge on any atom is -0.378 e. The molecule has 0 saturated carbocycles. The Morgan fingerprint density at radius 2 is 2.00 bits per heavy atom. The molecule has 19 heavy (non-hydrogen) atoms. The van der Waals surface area contributed by atoms with Crippen molar-refractivity contribution in [2.45, 2.75) is 12.7 Å². The van der Waals surface area contributed by atoms with Crippen LogP contribution in [0.5, 0.6) is 0 Å². The Labute approximate surface area is 106 Å². The van der Waals surface area contributed by atoms with E-state index in [0.717, 1.165) is 12.1 Å². The van der Waals surface area contributed by atoms with Crippen molar-refractivity contribution in [2.24, 2.45) is 7.05 Å². The Hall–Kier alpha value is -2.05. The van der Waals surface area contributed by atoms with Gasteiger partial charge in [0.05, 0.1) is 17.4 Å². The minimum absolute atomic E-state index is 0.0898. The van der Waals surface area contributed by atoms with Crippen LogP contribution in [0.4, 0.5) is 23.2 Å². The molecule has 0 aliphatic rings. The van der Waals surface area contributed by atoms with Crippen molar-refractivity contribution in [2.75, 3.05) is 5.32 Å². The molecule has 0 aliphatic heterocycles. The van der Waals surface area contributed by atoms with Gasteiger partial charge in [0.1, 0.15) is 5.82 Å². The van der Waals surface area contributed by atoms with E-state index in [2.05, 4.69) is 10.4 Å². The Kier molecular flexibility index (Phi) is 3.46. The summed E-state index contributed by atoms with van der Waals surface area (Å²) >= 11 is 0. The Bertz CT molecular complexity index is 575. The van der Waals surface area contributed by atoms with Crippen LogP contribution in [0.15, 0.2) is 30.6 Å². The van der Waals surface area contributed by atoms with Crippen molar-refractivity contribution >= 4 is 5.69 Å². The van der Waals surface area contributed by atoms with Crippen molar-refractivity contribution < 1.29 is 17.6 Å². The van der Waals surface area contributed by atoms with Crippen LogP contribution in [-0.4, -0.2) is 9.78 Å². The van der Waals surface area contributed by atoms with Crippen LogP contribution >= 0.6 is 0 Å². The van der Waals surface area contributed by atoms with Crippen LogP contribution in [0.2, 0.25) is 0 Å². The molecule has 0 bridgehead atoms. The van der Waals surface area contributed by atoms with Gasteiger partial charge in [0.2, 0.25) is 0 Å². The van der Waals surface area contributed by atoms with Crippen LogP contribution < -0.4 is 5.32 Å². The third kappa shape index (κ3) is 3.46. The van der Waals surface area contributed by atoms with Crippen molar-refractivity contribution in [3.8, 4) is 0 Å². The topological polar surface area (TPSA) is 29.9 Å². The fourth-order valence-corrected chi connectivity index (χ4v) is 1.63. The maximum Gasteiger partial charge on any atom is 0.416 e. The summed E-state index contributed by atoms with van der Waals surface area (Å²) in [7, 11) is 1.72. The second-order valence-corrected chi connectivity index (χ2v) is 4.10. The normalized spacial score (nSPS) is 11.6. The van der Waals surface area contributed by atoms with E-state index in [1.165, 1.54) is 6.20 Å². The summed E-state index contributed by atoms with van der Waals surface area (Å²) in [5.74, 6) is -0.905. The number of benzene rings is 1. The predicted octanol–water partition coefficient (Wildman–Crippen LogP) is 3.19. The highest BCUT2D eigenvalue weighted by Gasteiger charge is 2.31. The number of anilines is 1. The molecule has 0 amide bonds. The summed E-state index contributed by atoms with van der Waals surface area (Å²) < 4.78 is 52.2. The Balaban J connectivity index is 2.14. The number of alkyl halides is 3. The minimum atomic E-state index is -4.55. The quantitative estimate of drug-likeness (QED) is 0.870. The molecule has 3 nitrogen and oxygen atoms in total. The summed E-state index contributed by atoms with van der Waals surface area (Å²) in [5.41, 5.74) is -0.119. The molecule has 1 N–H and O–H groups in total. The summed E-state index contributed by atoms with van der Waals surface area (Å²) in [6, 6.07) is 2.47. The first-order valence-electron chi connectivity index (χ1n) is 5.44. The molecule has 7 heteroatoms. The molecular weight excluding hydrogens is 262 g/mol. The summed E-state index contributed by atoms with van der Waals surface area (Å²) in [6.07, 6.45) is -1.35. The van der Waals surface area contributed by atoms with E-state index in [4.69, 9.17) is 0 Å². The number of hydrogen-bond donors (Lipinski definition) is 1. The number of aromatic nitrogens is 2. The van der Waals surface area contributed by atoms with Crippen LogP contribution in [0, 0.1) is 5.82 Å². The number of aryl methyl sites for hydroxylation is 1. The second kappa shape index (κ2) is 4.91. The molecule has 0 spiro atoms. The number of hydrogen-bond acceptors (Lipinski definition) is 2. The van der Waals surface area contributed by atoms with E-state index in [9.17, 15) is 17.6 Å². The van der Waals surface area contributed by atoms with Gasteiger partial charge >= 0.3 is 6.18 Å². The molecule has 102 valence electrons. The zero-order valence-corrected chi connectivity index (χ0v) is 10.0. The van der Waals surface area contributed by atoms with Crippen LogP contribution in [0.25, 0.3) is 0 Å². The van der Waals surface area contributed by atoms with Gasteiger partial charge in [0, 0.05) is 19.8 Å². The molecule has 1 heterocycles. The third-order valence-corrected chi connectivity index (χ3v) is 2.49. The zero-order valence-electron chi connectivity index (χ0n) is 10.0. The van der Waals surface area contributed by atoms with Gasteiger partial charge in [-0.25, -0.2) is 4.39 Å². The maximum absolute atomic E-state index is 13.1. The van der Waals surface area contributed by atoms with Gasteiger partial charge in [-0.2, -0.15) is 18.3 Å². The molecule has 0 unspecified atom stereocenters. The molecule has 1 aromatic heterocycles. The average molecular weight is 273 g/mol. The Morgan fingerprint density at radius 3 is 2.58 bits per heavy atom. The highest BCUT2D eigenvalue weighted by Crippen LogP contribution is 2.30. The van der Waals surface area contributed by atoms with Crippen molar-refractivity contribution in [1.29, 1.82) is 0 Å². The molecule has 1 aromatic carbocycles. The number of nitrogens with one attached hydrogen (secondary N) is 1. The first kappa shape index (κ1) is 13.4. The predicted molar refractivity (Wildman–Crippen MR) is 61.9 cm³/mol. The van der Waals surface area contributed by atoms with Crippen molar-refractivity contribution in [1.82, 2.24) is 9.78 Å². The molecule has 0 aliphatic carbocycles. The highest BCUT2D eigenvalue weighted by atomic mass is 19.4. The first-order chi connectivity index (χ1) is 8.84. The van der Waals surface area contributed by atoms with E-state index in [-0.39, 0.29) is 12.1 Å². The van der Waals surface area contributed by atoms with Gasteiger partial charge in [-0.05, 0) is 23.8 Å². The van der Waals surface area contributed by atoms with Crippen molar-refractivity contribution in [3.05, 3.63) is 47.5 Å². The number of rotatable bonds is 3. The third-order valence-electron chi connectivity index (χ3n) is 2.49. The van der Waals surface area contributed by atoms with Gasteiger partial charge < -0.3 is 5.32 Å². The maximum atomic E-state index is 13.1. The van der Waals surface area contributed by atoms with Crippen LogP contribution in [0.1, 0.15) is 11.1 Å². The SMILES string of the molecule is Cn1cc(NCc2cc(F)cc(C(F)(F)F)c2)cn1.